The lowest BCUT2D eigenvalue weighted by atomic mass is 10.1. The molecule has 1 aliphatic rings. The second-order valence-corrected chi connectivity index (χ2v) is 4.99. The summed E-state index contributed by atoms with van der Waals surface area (Å²) in [6, 6.07) is 2.08. The van der Waals surface area contributed by atoms with Crippen molar-refractivity contribution in [3.63, 3.8) is 0 Å². The second kappa shape index (κ2) is 5.53. The first-order chi connectivity index (χ1) is 9.30. The Morgan fingerprint density at radius 3 is 2.75 bits per heavy atom. The van der Waals surface area contributed by atoms with E-state index in [0.29, 0.717) is 25.3 Å². The van der Waals surface area contributed by atoms with Crippen LogP contribution in [-0.4, -0.2) is 35.8 Å². The highest BCUT2D eigenvalue weighted by atomic mass is 32.1. The molecule has 0 aromatic carbocycles. The maximum atomic E-state index is 12.8. The highest BCUT2D eigenvalue weighted by molar-refractivity contribution is 7.80. The topological polar surface area (TPSA) is 51.4 Å². The number of alkyl halides is 3. The molecule has 1 atom stereocenters. The van der Waals surface area contributed by atoms with Crippen molar-refractivity contribution < 1.29 is 17.9 Å². The number of nitrogens with zero attached hydrogens (tertiary/aromatic N) is 2. The van der Waals surface area contributed by atoms with Gasteiger partial charge in [-0.2, -0.15) is 13.2 Å². The molecule has 20 heavy (non-hydrogen) atoms. The highest BCUT2D eigenvalue weighted by Gasteiger charge is 2.34. The average molecular weight is 305 g/mol. The van der Waals surface area contributed by atoms with Crippen molar-refractivity contribution in [1.29, 1.82) is 0 Å². The Balaban J connectivity index is 2.49. The average Bonchev–Trinajstić information content (AvgIpc) is 2.37. The minimum absolute atomic E-state index is 0.0277. The first-order valence-corrected chi connectivity index (χ1v) is 6.44. The molecule has 1 aliphatic heterocycles. The van der Waals surface area contributed by atoms with Crippen LogP contribution in [-0.2, 0) is 10.9 Å². The molecule has 1 aromatic rings. The highest BCUT2D eigenvalue weighted by Crippen LogP contribution is 2.31. The van der Waals surface area contributed by atoms with E-state index in [1.54, 1.807) is 4.90 Å². The van der Waals surface area contributed by atoms with Crippen molar-refractivity contribution in [2.45, 2.75) is 19.1 Å². The Labute approximate surface area is 119 Å². The third-order valence-electron chi connectivity index (χ3n) is 3.07. The molecule has 0 amide bonds. The number of hydrogen-bond acceptors (Lipinski definition) is 4. The van der Waals surface area contributed by atoms with E-state index in [1.165, 1.54) is 6.07 Å². The Bertz CT molecular complexity index is 521. The van der Waals surface area contributed by atoms with Crippen LogP contribution in [0.15, 0.2) is 12.1 Å². The zero-order valence-electron chi connectivity index (χ0n) is 10.8. The Hall–Kier alpha value is -1.41. The lowest BCUT2D eigenvalue weighted by Gasteiger charge is -2.35. The molecule has 8 heteroatoms. The van der Waals surface area contributed by atoms with Gasteiger partial charge in [-0.25, -0.2) is 4.98 Å². The fourth-order valence-electron chi connectivity index (χ4n) is 2.06. The molecule has 1 unspecified atom stereocenters. The molecule has 0 aliphatic carbocycles. The molecule has 0 radical (unpaired) electrons. The molecule has 1 aromatic heterocycles. The van der Waals surface area contributed by atoms with Crippen molar-refractivity contribution in [2.24, 2.45) is 5.73 Å². The fraction of sp³-hybridized carbons (Fsp3) is 0.500. The van der Waals surface area contributed by atoms with Gasteiger partial charge < -0.3 is 15.4 Å². The number of pyridine rings is 1. The summed E-state index contributed by atoms with van der Waals surface area (Å²) >= 11 is 4.89. The minimum Gasteiger partial charge on any atom is -0.389 e. The van der Waals surface area contributed by atoms with Gasteiger partial charge in [-0.15, -0.1) is 0 Å². The second-order valence-electron chi connectivity index (χ2n) is 4.55. The summed E-state index contributed by atoms with van der Waals surface area (Å²) in [7, 11) is 0. The summed E-state index contributed by atoms with van der Waals surface area (Å²) in [6.07, 6.45) is -4.50. The third-order valence-corrected chi connectivity index (χ3v) is 3.29. The summed E-state index contributed by atoms with van der Waals surface area (Å²) in [4.78, 5) is 5.49. The van der Waals surface area contributed by atoms with Crippen LogP contribution in [0.5, 0.6) is 0 Å². The smallest absolute Gasteiger partial charge is 0.389 e. The number of hydrogen-bond donors (Lipinski definition) is 1. The number of anilines is 1. The molecule has 110 valence electrons. The van der Waals surface area contributed by atoms with E-state index in [4.69, 9.17) is 22.7 Å². The largest absolute Gasteiger partial charge is 0.433 e. The maximum absolute atomic E-state index is 12.8. The van der Waals surface area contributed by atoms with Gasteiger partial charge in [0.05, 0.1) is 24.8 Å². The molecule has 4 nitrogen and oxygen atoms in total. The lowest BCUT2D eigenvalue weighted by Crippen LogP contribution is -2.45. The van der Waals surface area contributed by atoms with E-state index in [2.05, 4.69) is 4.98 Å². The van der Waals surface area contributed by atoms with Crippen LogP contribution in [0.4, 0.5) is 19.0 Å². The quantitative estimate of drug-likeness (QED) is 0.847. The number of aromatic nitrogens is 1. The van der Waals surface area contributed by atoms with Crippen LogP contribution in [0.1, 0.15) is 18.2 Å². The van der Waals surface area contributed by atoms with Gasteiger partial charge in [-0.3, -0.25) is 0 Å². The Kier molecular flexibility index (Phi) is 4.14. The van der Waals surface area contributed by atoms with E-state index in [9.17, 15) is 13.2 Å². The van der Waals surface area contributed by atoms with Crippen molar-refractivity contribution in [3.8, 4) is 0 Å². The van der Waals surface area contributed by atoms with Gasteiger partial charge in [0.2, 0.25) is 0 Å². The van der Waals surface area contributed by atoms with Gasteiger partial charge in [-0.05, 0) is 19.1 Å². The van der Waals surface area contributed by atoms with Crippen LogP contribution in [0, 0.1) is 0 Å². The fourth-order valence-corrected chi connectivity index (χ4v) is 2.22. The van der Waals surface area contributed by atoms with Crippen molar-refractivity contribution in [1.82, 2.24) is 4.98 Å². The van der Waals surface area contributed by atoms with Crippen LogP contribution in [0.2, 0.25) is 0 Å². The number of rotatable bonds is 2. The summed E-state index contributed by atoms with van der Waals surface area (Å²) < 4.78 is 43.7. The summed E-state index contributed by atoms with van der Waals surface area (Å²) in [5.74, 6) is 0.170. The monoisotopic (exact) mass is 305 g/mol. The van der Waals surface area contributed by atoms with Gasteiger partial charge in [-0.1, -0.05) is 12.2 Å². The number of thiocarbonyl (C=S) groups is 1. The van der Waals surface area contributed by atoms with E-state index in [-0.39, 0.29) is 16.8 Å². The SMILES string of the molecule is CC1COCCN1c1nc(C(F)(F)F)ccc1C(N)=S. The summed E-state index contributed by atoms with van der Waals surface area (Å²) in [5.41, 5.74) is 4.97. The van der Waals surface area contributed by atoms with Gasteiger partial charge in [0.15, 0.2) is 0 Å². The maximum Gasteiger partial charge on any atom is 0.433 e. The van der Waals surface area contributed by atoms with Crippen LogP contribution in [0.3, 0.4) is 0 Å². The van der Waals surface area contributed by atoms with E-state index in [0.717, 1.165) is 6.07 Å². The van der Waals surface area contributed by atoms with E-state index in [1.807, 2.05) is 6.92 Å². The Morgan fingerprint density at radius 1 is 1.50 bits per heavy atom. The summed E-state index contributed by atoms with van der Waals surface area (Å²) in [5, 5.41) is 0. The van der Waals surface area contributed by atoms with Crippen molar-refractivity contribution in [2.75, 3.05) is 24.7 Å². The number of ether oxygens (including phenoxy) is 1. The number of halogens is 3. The number of morpholine rings is 1. The lowest BCUT2D eigenvalue weighted by molar-refractivity contribution is -0.141. The normalized spacial score (nSPS) is 20.0. The number of nitrogens with two attached hydrogens (primary N) is 1. The van der Waals surface area contributed by atoms with Gasteiger partial charge in [0, 0.05) is 6.54 Å². The molecule has 0 saturated carbocycles. The first kappa shape index (κ1) is 15.0. The third kappa shape index (κ3) is 3.01. The molecule has 2 rings (SSSR count). The minimum atomic E-state index is -4.50. The van der Waals surface area contributed by atoms with Gasteiger partial charge in [0.25, 0.3) is 0 Å². The summed E-state index contributed by atoms with van der Waals surface area (Å²) in [6.45, 7) is 3.16. The molecular formula is C12H14F3N3OS. The van der Waals surface area contributed by atoms with Crippen molar-refractivity contribution >= 4 is 23.0 Å². The molecule has 1 fully saturated rings. The predicted octanol–water partition coefficient (Wildman–Crippen LogP) is 1.96. The van der Waals surface area contributed by atoms with Crippen LogP contribution >= 0.6 is 12.2 Å². The molecule has 1 saturated heterocycles. The molecule has 0 spiro atoms. The van der Waals surface area contributed by atoms with Gasteiger partial charge in [0.1, 0.15) is 16.5 Å². The zero-order valence-corrected chi connectivity index (χ0v) is 11.6. The standard InChI is InChI=1S/C12H14F3N3OS/c1-7-6-19-5-4-18(7)11-8(10(16)20)2-3-9(17-11)12(13,14)15/h2-3,7H,4-6H2,1H3,(H2,16,20). The van der Waals surface area contributed by atoms with E-state index >= 15 is 0 Å². The molecular weight excluding hydrogens is 291 g/mol. The Morgan fingerprint density at radius 2 is 2.20 bits per heavy atom. The first-order valence-electron chi connectivity index (χ1n) is 6.03. The molecule has 2 N–H and O–H groups in total. The zero-order chi connectivity index (χ0) is 14.9. The van der Waals surface area contributed by atoms with Crippen LogP contribution < -0.4 is 10.6 Å². The van der Waals surface area contributed by atoms with Gasteiger partial charge >= 0.3 is 6.18 Å². The van der Waals surface area contributed by atoms with Crippen LogP contribution in [0.25, 0.3) is 0 Å². The molecule has 2 heterocycles. The predicted molar refractivity (Wildman–Crippen MR) is 72.8 cm³/mol. The van der Waals surface area contributed by atoms with E-state index < -0.39 is 11.9 Å². The molecule has 0 bridgehead atoms. The van der Waals surface area contributed by atoms with Crippen molar-refractivity contribution in [3.05, 3.63) is 23.4 Å².